The number of carbonyl (C=O) groups is 1. The number of hydrogen-bond acceptors (Lipinski definition) is 7. The van der Waals surface area contributed by atoms with Crippen LogP contribution in [0.4, 0.5) is 0 Å². The molecule has 2 aliphatic rings. The minimum absolute atomic E-state index is 0.0702. The Morgan fingerprint density at radius 1 is 1.40 bits per heavy atom. The number of nitrogens with zero attached hydrogens (tertiary/aromatic N) is 5. The van der Waals surface area contributed by atoms with Gasteiger partial charge in [-0.1, -0.05) is 0 Å². The molecule has 2 fully saturated rings. The van der Waals surface area contributed by atoms with Gasteiger partial charge in [-0.15, -0.1) is 11.3 Å². The number of aromatic nitrogens is 4. The fourth-order valence-corrected chi connectivity index (χ4v) is 4.41. The van der Waals surface area contributed by atoms with Gasteiger partial charge in [0.2, 0.25) is 0 Å². The van der Waals surface area contributed by atoms with Crippen molar-refractivity contribution >= 4 is 17.2 Å². The van der Waals surface area contributed by atoms with Crippen LogP contribution in [0, 0.1) is 6.92 Å². The fraction of sp³-hybridized carbons (Fsp3) is 0.625. The first-order valence-corrected chi connectivity index (χ1v) is 9.43. The molecular weight excluding hydrogens is 340 g/mol. The summed E-state index contributed by atoms with van der Waals surface area (Å²) >= 11 is 1.72. The molecule has 2 aliphatic heterocycles. The zero-order chi connectivity index (χ0) is 17.3. The molecule has 0 aliphatic carbocycles. The van der Waals surface area contributed by atoms with Crippen molar-refractivity contribution in [2.75, 3.05) is 32.8 Å². The molecule has 9 heteroatoms. The number of piperidine rings is 1. The maximum absolute atomic E-state index is 12.5. The Morgan fingerprint density at radius 2 is 2.24 bits per heavy atom. The molecule has 0 aromatic carbocycles. The average Bonchev–Trinajstić information content (AvgIpc) is 3.29. The second kappa shape index (κ2) is 6.81. The summed E-state index contributed by atoms with van der Waals surface area (Å²) in [6, 6.07) is 0. The first kappa shape index (κ1) is 16.6. The van der Waals surface area contributed by atoms with Crippen molar-refractivity contribution in [2.24, 2.45) is 0 Å². The van der Waals surface area contributed by atoms with E-state index in [0.29, 0.717) is 25.4 Å². The lowest BCUT2D eigenvalue weighted by Gasteiger charge is -2.47. The van der Waals surface area contributed by atoms with Crippen LogP contribution in [-0.4, -0.2) is 74.5 Å². The Labute approximate surface area is 150 Å². The number of rotatable bonds is 3. The minimum atomic E-state index is -0.225. The Kier molecular flexibility index (Phi) is 4.53. The first-order valence-electron chi connectivity index (χ1n) is 8.56. The zero-order valence-corrected chi connectivity index (χ0v) is 15.1. The van der Waals surface area contributed by atoms with Gasteiger partial charge in [0.25, 0.3) is 5.91 Å². The van der Waals surface area contributed by atoms with Gasteiger partial charge in [-0.05, 0) is 19.8 Å². The van der Waals surface area contributed by atoms with Gasteiger partial charge in [0.15, 0.2) is 5.69 Å². The van der Waals surface area contributed by atoms with Gasteiger partial charge in [0.1, 0.15) is 0 Å². The number of H-pyrrole nitrogens is 1. The molecule has 2 aromatic rings. The zero-order valence-electron chi connectivity index (χ0n) is 14.3. The van der Waals surface area contributed by atoms with Crippen molar-refractivity contribution in [3.8, 4) is 0 Å². The summed E-state index contributed by atoms with van der Waals surface area (Å²) in [4.78, 5) is 22.5. The summed E-state index contributed by atoms with van der Waals surface area (Å²) in [5.74, 6) is -0.0702. The molecule has 1 amide bonds. The minimum Gasteiger partial charge on any atom is -0.371 e. The van der Waals surface area contributed by atoms with Crippen LogP contribution < -0.4 is 0 Å². The van der Waals surface area contributed by atoms with Crippen molar-refractivity contribution < 1.29 is 9.53 Å². The van der Waals surface area contributed by atoms with Crippen LogP contribution in [0.2, 0.25) is 0 Å². The number of amides is 1. The second-order valence-electron chi connectivity index (χ2n) is 6.75. The quantitative estimate of drug-likeness (QED) is 0.879. The summed E-state index contributed by atoms with van der Waals surface area (Å²) in [6.07, 6.45) is 3.35. The highest BCUT2D eigenvalue weighted by molar-refractivity contribution is 7.09. The number of aromatic amines is 1. The van der Waals surface area contributed by atoms with E-state index in [-0.39, 0.29) is 11.5 Å². The average molecular weight is 362 g/mol. The summed E-state index contributed by atoms with van der Waals surface area (Å²) in [5, 5.41) is 10.1. The molecule has 25 heavy (non-hydrogen) atoms. The van der Waals surface area contributed by atoms with Crippen LogP contribution in [0.1, 0.15) is 33.9 Å². The van der Waals surface area contributed by atoms with E-state index in [1.165, 1.54) is 11.1 Å². The maximum atomic E-state index is 12.5. The lowest BCUT2D eigenvalue weighted by Crippen LogP contribution is -2.58. The summed E-state index contributed by atoms with van der Waals surface area (Å²) < 4.78 is 6.14. The highest BCUT2D eigenvalue weighted by atomic mass is 32.1. The van der Waals surface area contributed by atoms with E-state index in [1.807, 2.05) is 10.4 Å². The predicted octanol–water partition coefficient (Wildman–Crippen LogP) is 1.08. The number of likely N-dealkylation sites (tertiary alicyclic amines) is 1. The SMILES string of the molecule is Cc1ncsc1CN1CCC2(CC1)CN(C(=O)c1cn[nH]n1)CCO2. The van der Waals surface area contributed by atoms with Gasteiger partial charge >= 0.3 is 0 Å². The molecule has 4 rings (SSSR count). The van der Waals surface area contributed by atoms with Crippen molar-refractivity contribution in [3.63, 3.8) is 0 Å². The normalized spacial score (nSPS) is 20.9. The van der Waals surface area contributed by atoms with Crippen LogP contribution in [-0.2, 0) is 11.3 Å². The van der Waals surface area contributed by atoms with Crippen molar-refractivity contribution in [1.29, 1.82) is 0 Å². The summed E-state index contributed by atoms with van der Waals surface area (Å²) in [5.41, 5.74) is 3.18. The second-order valence-corrected chi connectivity index (χ2v) is 7.69. The van der Waals surface area contributed by atoms with Gasteiger partial charge in [-0.25, -0.2) is 4.98 Å². The van der Waals surface area contributed by atoms with Gasteiger partial charge in [0.05, 0.1) is 36.2 Å². The summed E-state index contributed by atoms with van der Waals surface area (Å²) in [6.45, 7) is 6.79. The van der Waals surface area contributed by atoms with E-state index in [0.717, 1.165) is 38.2 Å². The van der Waals surface area contributed by atoms with Crippen LogP contribution in [0.3, 0.4) is 0 Å². The topological polar surface area (TPSA) is 87.2 Å². The third-order valence-corrected chi connectivity index (χ3v) is 6.07. The lowest BCUT2D eigenvalue weighted by atomic mass is 9.89. The number of carbonyl (C=O) groups excluding carboxylic acids is 1. The molecule has 1 N–H and O–H groups in total. The van der Waals surface area contributed by atoms with E-state index >= 15 is 0 Å². The third kappa shape index (κ3) is 3.44. The van der Waals surface area contributed by atoms with Crippen LogP contribution in [0.5, 0.6) is 0 Å². The molecule has 4 heterocycles. The van der Waals surface area contributed by atoms with Gasteiger partial charge in [0, 0.05) is 31.1 Å². The molecule has 0 atom stereocenters. The van der Waals surface area contributed by atoms with Gasteiger partial charge in [-0.2, -0.15) is 15.4 Å². The van der Waals surface area contributed by atoms with Crippen LogP contribution in [0.25, 0.3) is 0 Å². The Morgan fingerprint density at radius 3 is 2.92 bits per heavy atom. The lowest BCUT2D eigenvalue weighted by molar-refractivity contribution is -0.127. The number of nitrogens with one attached hydrogen (secondary N) is 1. The Hall–Kier alpha value is -1.84. The van der Waals surface area contributed by atoms with Crippen molar-refractivity contribution in [3.05, 3.63) is 28.0 Å². The van der Waals surface area contributed by atoms with E-state index in [9.17, 15) is 4.79 Å². The largest absolute Gasteiger partial charge is 0.371 e. The number of ether oxygens (including phenoxy) is 1. The highest BCUT2D eigenvalue weighted by Crippen LogP contribution is 2.31. The molecular formula is C16H22N6O2S. The first-order chi connectivity index (χ1) is 12.2. The fourth-order valence-electron chi connectivity index (χ4n) is 3.59. The van der Waals surface area contributed by atoms with Crippen molar-refractivity contribution in [2.45, 2.75) is 31.9 Å². The van der Waals surface area contributed by atoms with E-state index < -0.39 is 0 Å². The molecule has 0 bridgehead atoms. The molecule has 0 unspecified atom stereocenters. The molecule has 134 valence electrons. The van der Waals surface area contributed by atoms with Gasteiger partial charge in [-0.3, -0.25) is 9.69 Å². The van der Waals surface area contributed by atoms with E-state index in [4.69, 9.17) is 4.74 Å². The number of thiazole rings is 1. The van der Waals surface area contributed by atoms with Gasteiger partial charge < -0.3 is 9.64 Å². The monoisotopic (exact) mass is 362 g/mol. The smallest absolute Gasteiger partial charge is 0.276 e. The maximum Gasteiger partial charge on any atom is 0.276 e. The number of morpholine rings is 1. The van der Waals surface area contributed by atoms with Crippen LogP contribution >= 0.6 is 11.3 Å². The van der Waals surface area contributed by atoms with Crippen molar-refractivity contribution in [1.82, 2.24) is 30.2 Å². The highest BCUT2D eigenvalue weighted by Gasteiger charge is 2.41. The molecule has 0 saturated carbocycles. The molecule has 0 radical (unpaired) electrons. The Balaban J connectivity index is 1.37. The predicted molar refractivity (Wildman–Crippen MR) is 92.3 cm³/mol. The number of aryl methyl sites for hydroxylation is 1. The Bertz CT molecular complexity index is 723. The van der Waals surface area contributed by atoms with E-state index in [2.05, 4.69) is 32.2 Å². The standard InChI is InChI=1S/C16H22N6O2S/c1-12-14(25-11-17-12)9-21-4-2-16(3-5-21)10-22(6-7-24-16)15(23)13-8-18-20-19-13/h8,11H,2-7,9-10H2,1H3,(H,18,19,20). The molecule has 2 saturated heterocycles. The molecule has 1 spiro atoms. The number of hydrogen-bond donors (Lipinski definition) is 1. The van der Waals surface area contributed by atoms with Crippen LogP contribution in [0.15, 0.2) is 11.7 Å². The summed E-state index contributed by atoms with van der Waals surface area (Å²) in [7, 11) is 0. The third-order valence-electron chi connectivity index (χ3n) is 5.15. The molecule has 2 aromatic heterocycles. The molecule has 8 nitrogen and oxygen atoms in total. The van der Waals surface area contributed by atoms with E-state index in [1.54, 1.807) is 11.3 Å².